The van der Waals surface area contributed by atoms with Gasteiger partial charge in [-0.05, 0) is 26.3 Å². The van der Waals surface area contributed by atoms with Gasteiger partial charge in [0.2, 0.25) is 5.91 Å². The maximum atomic E-state index is 11.9. The highest BCUT2D eigenvalue weighted by Gasteiger charge is 2.11. The molecule has 1 amide bonds. The number of rotatable bonds is 6. The van der Waals surface area contributed by atoms with Crippen LogP contribution in [0.5, 0.6) is 5.75 Å². The van der Waals surface area contributed by atoms with Crippen molar-refractivity contribution in [3.05, 3.63) is 46.8 Å². The summed E-state index contributed by atoms with van der Waals surface area (Å²) >= 11 is 0. The van der Waals surface area contributed by atoms with Crippen molar-refractivity contribution in [3.8, 4) is 5.75 Å². The van der Waals surface area contributed by atoms with Gasteiger partial charge in [0.25, 0.3) is 0 Å². The van der Waals surface area contributed by atoms with Gasteiger partial charge in [-0.3, -0.25) is 4.79 Å². The normalized spacial score (nSPS) is 10.4. The number of aryl methyl sites for hydroxylation is 2. The Morgan fingerprint density at radius 1 is 1.33 bits per heavy atom. The second-order valence-electron chi connectivity index (χ2n) is 4.89. The Morgan fingerprint density at radius 2 is 2.10 bits per heavy atom. The monoisotopic (exact) mass is 288 g/mol. The summed E-state index contributed by atoms with van der Waals surface area (Å²) in [5.41, 5.74) is 2.83. The molecular weight excluding hydrogens is 268 g/mol. The Hall–Kier alpha value is -2.30. The van der Waals surface area contributed by atoms with Gasteiger partial charge in [-0.25, -0.2) is 0 Å². The first kappa shape index (κ1) is 15.1. The molecule has 5 heteroatoms. The molecule has 0 saturated carbocycles. The summed E-state index contributed by atoms with van der Waals surface area (Å²) in [6, 6.07) is 7.65. The minimum Gasteiger partial charge on any atom is -0.496 e. The van der Waals surface area contributed by atoms with Crippen molar-refractivity contribution in [1.82, 2.24) is 10.5 Å². The van der Waals surface area contributed by atoms with Crippen molar-refractivity contribution in [2.45, 2.75) is 33.2 Å². The molecule has 1 aromatic carbocycles. The van der Waals surface area contributed by atoms with E-state index in [0.717, 1.165) is 28.3 Å². The number of carbonyl (C=O) groups is 1. The number of para-hydroxylation sites is 1. The van der Waals surface area contributed by atoms with Gasteiger partial charge in [-0.15, -0.1) is 0 Å². The van der Waals surface area contributed by atoms with Crippen molar-refractivity contribution in [1.29, 1.82) is 0 Å². The summed E-state index contributed by atoms with van der Waals surface area (Å²) in [6.45, 7) is 4.21. The van der Waals surface area contributed by atoms with Crippen LogP contribution in [0.2, 0.25) is 0 Å². The zero-order valence-corrected chi connectivity index (χ0v) is 12.6. The number of methoxy groups -OCH3 is 1. The van der Waals surface area contributed by atoms with E-state index in [9.17, 15) is 4.79 Å². The van der Waals surface area contributed by atoms with Crippen LogP contribution >= 0.6 is 0 Å². The molecule has 2 aromatic rings. The lowest BCUT2D eigenvalue weighted by molar-refractivity contribution is -0.121. The maximum Gasteiger partial charge on any atom is 0.220 e. The zero-order valence-electron chi connectivity index (χ0n) is 12.6. The Morgan fingerprint density at radius 3 is 2.76 bits per heavy atom. The molecule has 21 heavy (non-hydrogen) atoms. The smallest absolute Gasteiger partial charge is 0.220 e. The number of carbonyl (C=O) groups excluding carboxylic acids is 1. The summed E-state index contributed by atoms with van der Waals surface area (Å²) in [5.74, 6) is 1.56. The van der Waals surface area contributed by atoms with Gasteiger partial charge in [-0.1, -0.05) is 23.4 Å². The van der Waals surface area contributed by atoms with E-state index in [-0.39, 0.29) is 5.91 Å². The molecular formula is C16H20N2O3. The number of aromatic nitrogens is 1. The zero-order chi connectivity index (χ0) is 15.2. The minimum absolute atomic E-state index is 0.000839. The first-order valence-electron chi connectivity index (χ1n) is 6.92. The summed E-state index contributed by atoms with van der Waals surface area (Å²) in [7, 11) is 1.62. The largest absolute Gasteiger partial charge is 0.496 e. The van der Waals surface area contributed by atoms with Crippen molar-refractivity contribution in [3.63, 3.8) is 0 Å². The topological polar surface area (TPSA) is 64.4 Å². The number of hydrogen-bond donors (Lipinski definition) is 1. The predicted octanol–water partition coefficient (Wildman–Crippen LogP) is 2.55. The molecule has 2 rings (SSSR count). The number of amides is 1. The first-order chi connectivity index (χ1) is 10.1. The predicted molar refractivity (Wildman–Crippen MR) is 79.1 cm³/mol. The van der Waals surface area contributed by atoms with Crippen LogP contribution in [0.15, 0.2) is 28.8 Å². The van der Waals surface area contributed by atoms with E-state index in [1.54, 1.807) is 7.11 Å². The number of benzene rings is 1. The van der Waals surface area contributed by atoms with Gasteiger partial charge in [0.1, 0.15) is 11.5 Å². The van der Waals surface area contributed by atoms with Crippen LogP contribution in [0.4, 0.5) is 0 Å². The molecule has 0 radical (unpaired) electrons. The lowest BCUT2D eigenvalue weighted by Gasteiger charge is -2.09. The third kappa shape index (κ3) is 3.84. The summed E-state index contributed by atoms with van der Waals surface area (Å²) < 4.78 is 10.3. The van der Waals surface area contributed by atoms with Gasteiger partial charge in [-0.2, -0.15) is 0 Å². The van der Waals surface area contributed by atoms with E-state index in [1.165, 1.54) is 0 Å². The summed E-state index contributed by atoms with van der Waals surface area (Å²) in [6.07, 6.45) is 1.05. The van der Waals surface area contributed by atoms with Gasteiger partial charge in [0.15, 0.2) is 0 Å². The maximum absolute atomic E-state index is 11.9. The van der Waals surface area contributed by atoms with Gasteiger partial charge in [0.05, 0.1) is 12.8 Å². The molecule has 0 aliphatic rings. The number of ether oxygens (including phenoxy) is 1. The fourth-order valence-electron chi connectivity index (χ4n) is 2.23. The molecule has 112 valence electrons. The molecule has 1 N–H and O–H groups in total. The number of nitrogens with one attached hydrogen (secondary N) is 1. The number of hydrogen-bond acceptors (Lipinski definition) is 4. The quantitative estimate of drug-likeness (QED) is 0.887. The Kier molecular flexibility index (Phi) is 4.98. The van der Waals surface area contributed by atoms with Crippen molar-refractivity contribution >= 4 is 5.91 Å². The van der Waals surface area contributed by atoms with Crippen LogP contribution < -0.4 is 10.1 Å². The molecule has 0 spiro atoms. The van der Waals surface area contributed by atoms with E-state index in [2.05, 4.69) is 10.5 Å². The Labute approximate surface area is 124 Å². The van der Waals surface area contributed by atoms with E-state index in [1.807, 2.05) is 38.1 Å². The average molecular weight is 288 g/mol. The van der Waals surface area contributed by atoms with Crippen LogP contribution in [0, 0.1) is 13.8 Å². The molecule has 0 unspecified atom stereocenters. The second-order valence-corrected chi connectivity index (χ2v) is 4.89. The van der Waals surface area contributed by atoms with E-state index in [0.29, 0.717) is 19.4 Å². The fraction of sp³-hybridized carbons (Fsp3) is 0.375. The van der Waals surface area contributed by atoms with E-state index in [4.69, 9.17) is 9.26 Å². The first-order valence-corrected chi connectivity index (χ1v) is 6.92. The van der Waals surface area contributed by atoms with Crippen molar-refractivity contribution in [2.24, 2.45) is 0 Å². The lowest BCUT2D eigenvalue weighted by Crippen LogP contribution is -2.23. The fourth-order valence-corrected chi connectivity index (χ4v) is 2.23. The highest BCUT2D eigenvalue weighted by atomic mass is 16.5. The second kappa shape index (κ2) is 6.92. The van der Waals surface area contributed by atoms with Crippen molar-refractivity contribution in [2.75, 3.05) is 7.11 Å². The highest BCUT2D eigenvalue weighted by Crippen LogP contribution is 2.17. The molecule has 1 aromatic heterocycles. The third-order valence-corrected chi connectivity index (χ3v) is 3.45. The molecule has 1 heterocycles. The van der Waals surface area contributed by atoms with E-state index >= 15 is 0 Å². The standard InChI is InChI=1S/C16H20N2O3/c1-11-14(12(2)21-18-11)8-9-16(19)17-10-13-6-4-5-7-15(13)20-3/h4-7H,8-10H2,1-3H3,(H,17,19). The van der Waals surface area contributed by atoms with Crippen LogP contribution in [-0.2, 0) is 17.8 Å². The van der Waals surface area contributed by atoms with Crippen LogP contribution in [-0.4, -0.2) is 18.2 Å². The SMILES string of the molecule is COc1ccccc1CNC(=O)CCc1c(C)noc1C. The summed E-state index contributed by atoms with van der Waals surface area (Å²) in [4.78, 5) is 11.9. The minimum atomic E-state index is 0.000839. The molecule has 5 nitrogen and oxygen atoms in total. The highest BCUT2D eigenvalue weighted by molar-refractivity contribution is 5.76. The molecule has 0 aliphatic carbocycles. The Balaban J connectivity index is 1.85. The Bertz CT molecular complexity index is 600. The molecule has 0 atom stereocenters. The average Bonchev–Trinajstić information content (AvgIpc) is 2.82. The van der Waals surface area contributed by atoms with Gasteiger partial charge in [0, 0.05) is 24.1 Å². The van der Waals surface area contributed by atoms with Crippen LogP contribution in [0.3, 0.4) is 0 Å². The number of nitrogens with zero attached hydrogens (tertiary/aromatic N) is 1. The van der Waals surface area contributed by atoms with Crippen molar-refractivity contribution < 1.29 is 14.1 Å². The molecule has 0 aliphatic heterocycles. The van der Waals surface area contributed by atoms with Gasteiger partial charge < -0.3 is 14.6 Å². The molecule has 0 fully saturated rings. The van der Waals surface area contributed by atoms with Crippen LogP contribution in [0.25, 0.3) is 0 Å². The summed E-state index contributed by atoms with van der Waals surface area (Å²) in [5, 5.41) is 6.79. The van der Waals surface area contributed by atoms with E-state index < -0.39 is 0 Å². The van der Waals surface area contributed by atoms with Gasteiger partial charge >= 0.3 is 0 Å². The lowest BCUT2D eigenvalue weighted by atomic mass is 10.1. The molecule has 0 bridgehead atoms. The van der Waals surface area contributed by atoms with Crippen LogP contribution in [0.1, 0.15) is 29.0 Å². The third-order valence-electron chi connectivity index (χ3n) is 3.45. The molecule has 0 saturated heterocycles.